The van der Waals surface area contributed by atoms with Gasteiger partial charge in [-0.3, -0.25) is 0 Å². The first kappa shape index (κ1) is 15.3. The van der Waals surface area contributed by atoms with Crippen LogP contribution in [0.15, 0.2) is 23.4 Å². The molecule has 0 heterocycles. The molecule has 1 N–H and O–H groups in total. The molecule has 3 nitrogen and oxygen atoms in total. The Labute approximate surface area is 109 Å². The molecule has 1 aromatic carbocycles. The molecular weight excluding hydrogens is 259 g/mol. The molecule has 1 rings (SSSR count). The Kier molecular flexibility index (Phi) is 5.20. The molecule has 19 heavy (non-hydrogen) atoms. The van der Waals surface area contributed by atoms with E-state index >= 15 is 0 Å². The van der Waals surface area contributed by atoms with E-state index in [4.69, 9.17) is 9.94 Å². The lowest BCUT2D eigenvalue weighted by molar-refractivity contribution is -0.136. The second-order valence-corrected chi connectivity index (χ2v) is 4.25. The Morgan fingerprint density at radius 3 is 2.63 bits per heavy atom. The highest BCUT2D eigenvalue weighted by Gasteiger charge is 2.26. The Hall–Kier alpha value is -1.72. The van der Waals surface area contributed by atoms with Crippen molar-refractivity contribution in [1.82, 2.24) is 0 Å². The highest BCUT2D eigenvalue weighted by molar-refractivity contribution is 6.00. The maximum atomic E-state index is 12.0. The number of benzene rings is 1. The van der Waals surface area contributed by atoms with Crippen LogP contribution in [0.1, 0.15) is 30.9 Å². The number of rotatable bonds is 5. The van der Waals surface area contributed by atoms with Gasteiger partial charge in [0.25, 0.3) is 0 Å². The van der Waals surface area contributed by atoms with Crippen LogP contribution in [0.3, 0.4) is 0 Å². The minimum absolute atomic E-state index is 0.0335. The van der Waals surface area contributed by atoms with Crippen molar-refractivity contribution in [3.8, 4) is 5.75 Å². The van der Waals surface area contributed by atoms with Crippen LogP contribution in [0.25, 0.3) is 0 Å². The zero-order chi connectivity index (χ0) is 14.5. The van der Waals surface area contributed by atoms with E-state index in [9.17, 15) is 13.2 Å². The van der Waals surface area contributed by atoms with Crippen molar-refractivity contribution in [3.05, 3.63) is 29.3 Å². The van der Waals surface area contributed by atoms with Crippen LogP contribution in [0.5, 0.6) is 5.75 Å². The van der Waals surface area contributed by atoms with Crippen LogP contribution in [-0.2, 0) is 0 Å². The van der Waals surface area contributed by atoms with Crippen molar-refractivity contribution in [2.75, 3.05) is 6.61 Å². The predicted octanol–water partition coefficient (Wildman–Crippen LogP) is 3.91. The van der Waals surface area contributed by atoms with E-state index in [1.165, 1.54) is 0 Å². The van der Waals surface area contributed by atoms with Gasteiger partial charge >= 0.3 is 6.18 Å². The predicted molar refractivity (Wildman–Crippen MR) is 66.0 cm³/mol. The Morgan fingerprint density at radius 2 is 2.05 bits per heavy atom. The van der Waals surface area contributed by atoms with E-state index < -0.39 is 12.6 Å². The molecule has 0 saturated carbocycles. The number of hydrogen-bond donors (Lipinski definition) is 1. The largest absolute Gasteiger partial charge is 0.493 e. The summed E-state index contributed by atoms with van der Waals surface area (Å²) in [6.07, 6.45) is -5.14. The van der Waals surface area contributed by atoms with Gasteiger partial charge in [-0.25, -0.2) is 0 Å². The normalized spacial score (nSPS) is 12.6. The lowest BCUT2D eigenvalue weighted by atomic mass is 10.1. The highest BCUT2D eigenvalue weighted by Crippen LogP contribution is 2.24. The smallest absolute Gasteiger partial charge is 0.389 e. The molecule has 0 aliphatic carbocycles. The second-order valence-electron chi connectivity index (χ2n) is 4.25. The summed E-state index contributed by atoms with van der Waals surface area (Å²) < 4.78 is 41.3. The number of hydrogen-bond acceptors (Lipinski definition) is 3. The third-order valence-electron chi connectivity index (χ3n) is 2.54. The van der Waals surface area contributed by atoms with Crippen LogP contribution in [0.2, 0.25) is 0 Å². The first-order chi connectivity index (χ1) is 8.83. The minimum atomic E-state index is -4.16. The fraction of sp³-hybridized carbons (Fsp3) is 0.462. The molecule has 0 atom stereocenters. The maximum Gasteiger partial charge on any atom is 0.389 e. The van der Waals surface area contributed by atoms with Gasteiger partial charge in [-0.1, -0.05) is 16.8 Å². The third-order valence-corrected chi connectivity index (χ3v) is 2.54. The van der Waals surface area contributed by atoms with Crippen LogP contribution in [0, 0.1) is 6.92 Å². The molecule has 0 aliphatic heterocycles. The first-order valence-corrected chi connectivity index (χ1v) is 5.82. The van der Waals surface area contributed by atoms with Crippen molar-refractivity contribution < 1.29 is 23.1 Å². The van der Waals surface area contributed by atoms with E-state index in [1.807, 2.05) is 6.92 Å². The summed E-state index contributed by atoms with van der Waals surface area (Å²) in [5.41, 5.74) is 1.88. The lowest BCUT2D eigenvalue weighted by Gasteiger charge is -2.12. The zero-order valence-electron chi connectivity index (χ0n) is 10.8. The molecule has 0 radical (unpaired) electrons. The second kappa shape index (κ2) is 6.45. The molecule has 0 amide bonds. The molecule has 0 unspecified atom stereocenters. The van der Waals surface area contributed by atoms with Gasteiger partial charge in [0.05, 0.1) is 12.3 Å². The molecule has 0 spiro atoms. The number of alkyl halides is 3. The van der Waals surface area contributed by atoms with Crippen LogP contribution in [-0.4, -0.2) is 23.7 Å². The van der Waals surface area contributed by atoms with Gasteiger partial charge in [0, 0.05) is 12.0 Å². The fourth-order valence-corrected chi connectivity index (χ4v) is 1.56. The number of ether oxygens (including phenoxy) is 1. The molecular formula is C13H16F3NO2. The van der Waals surface area contributed by atoms with Gasteiger partial charge in [0.1, 0.15) is 5.75 Å². The summed E-state index contributed by atoms with van der Waals surface area (Å²) in [6.45, 7) is 3.42. The quantitative estimate of drug-likeness (QED) is 0.383. The summed E-state index contributed by atoms with van der Waals surface area (Å²) in [5, 5.41) is 11.9. The highest BCUT2D eigenvalue weighted by atomic mass is 19.4. The molecule has 6 heteroatoms. The monoisotopic (exact) mass is 275 g/mol. The summed E-state index contributed by atoms with van der Waals surface area (Å²) in [7, 11) is 0. The van der Waals surface area contributed by atoms with Gasteiger partial charge < -0.3 is 9.94 Å². The molecule has 0 aliphatic rings. The standard InChI is InChI=1S/C13H16F3NO2/c1-9-4-5-12(11(8-9)10(2)17-18)19-7-3-6-13(14,15)16/h4-5,8,18H,3,6-7H2,1-2H3/b17-10-. The van der Waals surface area contributed by atoms with E-state index in [0.29, 0.717) is 17.0 Å². The first-order valence-electron chi connectivity index (χ1n) is 5.82. The SMILES string of the molecule is C/C(=N/O)c1cc(C)ccc1OCCCC(F)(F)F. The number of nitrogens with zero attached hydrogens (tertiary/aromatic N) is 1. The summed E-state index contributed by atoms with van der Waals surface area (Å²) >= 11 is 0. The Bertz CT molecular complexity index is 456. The molecule has 0 fully saturated rings. The van der Waals surface area contributed by atoms with E-state index in [0.717, 1.165) is 5.56 Å². The van der Waals surface area contributed by atoms with Gasteiger partial charge in [-0.05, 0) is 32.4 Å². The number of oxime groups is 1. The third kappa shape index (κ3) is 5.19. The topological polar surface area (TPSA) is 41.8 Å². The summed E-state index contributed by atoms with van der Waals surface area (Å²) in [6, 6.07) is 5.20. The average Bonchev–Trinajstić information content (AvgIpc) is 2.33. The van der Waals surface area contributed by atoms with E-state index in [2.05, 4.69) is 5.16 Å². The molecule has 0 saturated heterocycles. The molecule has 106 valence electrons. The van der Waals surface area contributed by atoms with Gasteiger partial charge in [-0.2, -0.15) is 13.2 Å². The Morgan fingerprint density at radius 1 is 1.37 bits per heavy atom. The average molecular weight is 275 g/mol. The number of aryl methyl sites for hydroxylation is 1. The van der Waals surface area contributed by atoms with Gasteiger partial charge in [0.2, 0.25) is 0 Å². The summed E-state index contributed by atoms with van der Waals surface area (Å²) in [5.74, 6) is 0.420. The van der Waals surface area contributed by atoms with Crippen molar-refractivity contribution in [2.24, 2.45) is 5.16 Å². The van der Waals surface area contributed by atoms with Crippen LogP contribution in [0.4, 0.5) is 13.2 Å². The van der Waals surface area contributed by atoms with Crippen LogP contribution < -0.4 is 4.74 Å². The van der Waals surface area contributed by atoms with Crippen molar-refractivity contribution >= 4 is 5.71 Å². The lowest BCUT2D eigenvalue weighted by Crippen LogP contribution is -2.10. The minimum Gasteiger partial charge on any atom is -0.493 e. The van der Waals surface area contributed by atoms with E-state index in [1.54, 1.807) is 25.1 Å². The molecule has 1 aromatic rings. The molecule has 0 bridgehead atoms. The van der Waals surface area contributed by atoms with Crippen molar-refractivity contribution in [2.45, 2.75) is 32.9 Å². The molecule has 0 aromatic heterocycles. The fourth-order valence-electron chi connectivity index (χ4n) is 1.56. The van der Waals surface area contributed by atoms with Crippen LogP contribution >= 0.6 is 0 Å². The Balaban J connectivity index is 2.68. The van der Waals surface area contributed by atoms with Crippen molar-refractivity contribution in [3.63, 3.8) is 0 Å². The van der Waals surface area contributed by atoms with Gasteiger partial charge in [-0.15, -0.1) is 0 Å². The summed E-state index contributed by atoms with van der Waals surface area (Å²) in [4.78, 5) is 0. The number of halogens is 3. The van der Waals surface area contributed by atoms with Gasteiger partial charge in [0.15, 0.2) is 0 Å². The maximum absolute atomic E-state index is 12.0. The van der Waals surface area contributed by atoms with E-state index in [-0.39, 0.29) is 13.0 Å². The zero-order valence-corrected chi connectivity index (χ0v) is 10.8. The van der Waals surface area contributed by atoms with Crippen molar-refractivity contribution in [1.29, 1.82) is 0 Å².